The number of nitrogens with one attached hydrogen (secondary N) is 1. The number of carboxylic acid groups (broad SMARTS) is 1. The summed E-state index contributed by atoms with van der Waals surface area (Å²) in [5.74, 6) is -1.46. The van der Waals surface area contributed by atoms with Crippen molar-refractivity contribution >= 4 is 17.8 Å². The molecule has 0 bridgehead atoms. The monoisotopic (exact) mass is 287 g/mol. The molecule has 0 aromatic rings. The van der Waals surface area contributed by atoms with Crippen LogP contribution in [0.3, 0.4) is 0 Å². The number of carbonyl (C=O) groups is 3. The van der Waals surface area contributed by atoms with E-state index in [9.17, 15) is 14.4 Å². The van der Waals surface area contributed by atoms with Crippen LogP contribution in [0.15, 0.2) is 0 Å². The number of aliphatic carboxylic acids is 1. The fraction of sp³-hybridized carbons (Fsp3) is 0.769. The van der Waals surface area contributed by atoms with E-state index in [1.165, 1.54) is 4.90 Å². The van der Waals surface area contributed by atoms with E-state index in [0.29, 0.717) is 6.42 Å². The maximum Gasteiger partial charge on any atom is 0.303 e. The van der Waals surface area contributed by atoms with Crippen molar-refractivity contribution in [2.24, 2.45) is 11.7 Å². The summed E-state index contributed by atoms with van der Waals surface area (Å²) in [5, 5.41) is 11.2. The lowest BCUT2D eigenvalue weighted by Crippen LogP contribution is -2.51. The van der Waals surface area contributed by atoms with Crippen LogP contribution < -0.4 is 11.1 Å². The zero-order valence-electron chi connectivity index (χ0n) is 12.5. The number of amides is 2. The maximum absolute atomic E-state index is 12.0. The molecule has 2 unspecified atom stereocenters. The maximum atomic E-state index is 12.0. The van der Waals surface area contributed by atoms with Gasteiger partial charge in [0.25, 0.3) is 0 Å². The molecule has 0 saturated carbocycles. The van der Waals surface area contributed by atoms with Gasteiger partial charge in [0.15, 0.2) is 0 Å². The van der Waals surface area contributed by atoms with Gasteiger partial charge < -0.3 is 21.1 Å². The summed E-state index contributed by atoms with van der Waals surface area (Å²) in [7, 11) is 3.23. The minimum Gasteiger partial charge on any atom is -0.481 e. The predicted octanol–water partition coefficient (Wildman–Crippen LogP) is -0.202. The minimum atomic E-state index is -1.00. The van der Waals surface area contributed by atoms with E-state index in [1.54, 1.807) is 14.1 Å². The molecule has 2 amide bonds. The first-order chi connectivity index (χ1) is 9.15. The lowest BCUT2D eigenvalue weighted by molar-refractivity contribution is -0.138. The molecule has 0 spiro atoms. The highest BCUT2D eigenvalue weighted by Gasteiger charge is 2.25. The van der Waals surface area contributed by atoms with Crippen LogP contribution in [-0.2, 0) is 14.4 Å². The first-order valence-electron chi connectivity index (χ1n) is 6.64. The highest BCUT2D eigenvalue weighted by atomic mass is 16.4. The van der Waals surface area contributed by atoms with Gasteiger partial charge >= 0.3 is 5.97 Å². The van der Waals surface area contributed by atoms with Crippen LogP contribution in [0.4, 0.5) is 0 Å². The zero-order chi connectivity index (χ0) is 15.9. The van der Waals surface area contributed by atoms with Crippen LogP contribution in [0.2, 0.25) is 0 Å². The fourth-order valence-corrected chi connectivity index (χ4v) is 1.69. The van der Waals surface area contributed by atoms with Crippen molar-refractivity contribution in [2.75, 3.05) is 14.1 Å². The zero-order valence-corrected chi connectivity index (χ0v) is 12.5. The number of carbonyl (C=O) groups excluding carboxylic acids is 2. The van der Waals surface area contributed by atoms with Crippen molar-refractivity contribution in [1.82, 2.24) is 10.2 Å². The molecule has 0 aromatic carbocycles. The molecule has 0 aliphatic heterocycles. The highest BCUT2D eigenvalue weighted by Crippen LogP contribution is 2.07. The van der Waals surface area contributed by atoms with Gasteiger partial charge in [0.05, 0.1) is 6.04 Å². The first kappa shape index (κ1) is 18.4. The molecule has 2 atom stereocenters. The van der Waals surface area contributed by atoms with Crippen LogP contribution in [0.25, 0.3) is 0 Å². The Labute approximate surface area is 119 Å². The quantitative estimate of drug-likeness (QED) is 0.572. The topological polar surface area (TPSA) is 113 Å². The fourth-order valence-electron chi connectivity index (χ4n) is 1.69. The van der Waals surface area contributed by atoms with Crippen molar-refractivity contribution in [3.05, 3.63) is 0 Å². The van der Waals surface area contributed by atoms with Crippen molar-refractivity contribution in [3.8, 4) is 0 Å². The van der Waals surface area contributed by atoms with E-state index >= 15 is 0 Å². The molecule has 7 nitrogen and oxygen atoms in total. The number of hydrogen-bond acceptors (Lipinski definition) is 4. The van der Waals surface area contributed by atoms with Gasteiger partial charge in [0.1, 0.15) is 6.04 Å². The second-order valence-corrected chi connectivity index (χ2v) is 5.46. The number of carboxylic acids is 1. The van der Waals surface area contributed by atoms with E-state index in [0.717, 1.165) is 0 Å². The Balaban J connectivity index is 4.59. The Morgan fingerprint density at radius 2 is 1.80 bits per heavy atom. The van der Waals surface area contributed by atoms with Crippen molar-refractivity contribution in [3.63, 3.8) is 0 Å². The standard InChI is InChI=1S/C13H25N3O4/c1-8(2)7-10(13(20)16(3)4)15-12(19)9(14)5-6-11(17)18/h8-10H,5-7,14H2,1-4H3,(H,15,19)(H,17,18). The highest BCUT2D eigenvalue weighted by molar-refractivity contribution is 5.89. The molecule has 20 heavy (non-hydrogen) atoms. The van der Waals surface area contributed by atoms with Gasteiger partial charge in [-0.05, 0) is 18.8 Å². The smallest absolute Gasteiger partial charge is 0.303 e. The third kappa shape index (κ3) is 7.08. The molecule has 0 rings (SSSR count). The molecular weight excluding hydrogens is 262 g/mol. The van der Waals surface area contributed by atoms with E-state index in [4.69, 9.17) is 10.8 Å². The summed E-state index contributed by atoms with van der Waals surface area (Å²) in [4.78, 5) is 35.7. The van der Waals surface area contributed by atoms with Crippen molar-refractivity contribution in [1.29, 1.82) is 0 Å². The summed E-state index contributed by atoms with van der Waals surface area (Å²) in [6, 6.07) is -1.55. The van der Waals surface area contributed by atoms with Crippen LogP contribution >= 0.6 is 0 Å². The van der Waals surface area contributed by atoms with Gasteiger partial charge in [0.2, 0.25) is 11.8 Å². The summed E-state index contributed by atoms with van der Waals surface area (Å²) >= 11 is 0. The third-order valence-corrected chi connectivity index (χ3v) is 2.77. The summed E-state index contributed by atoms with van der Waals surface area (Å²) in [6.07, 6.45) is 0.380. The van der Waals surface area contributed by atoms with Crippen LogP contribution in [0.1, 0.15) is 33.1 Å². The average molecular weight is 287 g/mol. The van der Waals surface area contributed by atoms with Crippen LogP contribution in [0.5, 0.6) is 0 Å². The second kappa shape index (κ2) is 8.52. The second-order valence-electron chi connectivity index (χ2n) is 5.46. The van der Waals surface area contributed by atoms with E-state index in [2.05, 4.69) is 5.32 Å². The molecule has 0 radical (unpaired) electrons. The molecular formula is C13H25N3O4. The van der Waals surface area contributed by atoms with Gasteiger partial charge in [-0.25, -0.2) is 0 Å². The van der Waals surface area contributed by atoms with E-state index in [1.807, 2.05) is 13.8 Å². The van der Waals surface area contributed by atoms with Crippen LogP contribution in [-0.4, -0.2) is 54.0 Å². The number of hydrogen-bond donors (Lipinski definition) is 3. The van der Waals surface area contributed by atoms with Gasteiger partial charge in [-0.3, -0.25) is 14.4 Å². The van der Waals surface area contributed by atoms with E-state index < -0.39 is 24.0 Å². The number of rotatable bonds is 8. The Hall–Kier alpha value is -1.63. The molecule has 0 aromatic heterocycles. The predicted molar refractivity (Wildman–Crippen MR) is 74.9 cm³/mol. The van der Waals surface area contributed by atoms with Crippen LogP contribution in [0, 0.1) is 5.92 Å². The van der Waals surface area contributed by atoms with Gasteiger partial charge in [-0.15, -0.1) is 0 Å². The molecule has 0 aliphatic carbocycles. The number of nitrogens with zero attached hydrogens (tertiary/aromatic N) is 1. The lowest BCUT2D eigenvalue weighted by Gasteiger charge is -2.24. The van der Waals surface area contributed by atoms with Crippen molar-refractivity contribution < 1.29 is 19.5 Å². The third-order valence-electron chi connectivity index (χ3n) is 2.77. The molecule has 7 heteroatoms. The molecule has 0 fully saturated rings. The lowest BCUT2D eigenvalue weighted by atomic mass is 10.0. The summed E-state index contributed by atoms with van der Waals surface area (Å²) < 4.78 is 0. The first-order valence-corrected chi connectivity index (χ1v) is 6.64. The minimum absolute atomic E-state index is 0.0473. The number of nitrogens with two attached hydrogens (primary N) is 1. The Kier molecular flexibility index (Phi) is 7.83. The Morgan fingerprint density at radius 1 is 1.25 bits per heavy atom. The Bertz CT molecular complexity index is 356. The summed E-state index contributed by atoms with van der Waals surface area (Å²) in [6.45, 7) is 3.90. The summed E-state index contributed by atoms with van der Waals surface area (Å²) in [5.41, 5.74) is 5.62. The number of likely N-dealkylation sites (N-methyl/N-ethyl adjacent to an activating group) is 1. The largest absolute Gasteiger partial charge is 0.481 e. The molecule has 0 heterocycles. The van der Waals surface area contributed by atoms with Gasteiger partial charge in [0, 0.05) is 20.5 Å². The SMILES string of the molecule is CC(C)CC(NC(=O)C(N)CCC(=O)O)C(=O)N(C)C. The Morgan fingerprint density at radius 3 is 2.20 bits per heavy atom. The average Bonchev–Trinajstić information content (AvgIpc) is 2.33. The molecule has 116 valence electrons. The van der Waals surface area contributed by atoms with Gasteiger partial charge in [-0.2, -0.15) is 0 Å². The molecule has 0 aliphatic rings. The van der Waals surface area contributed by atoms with Gasteiger partial charge in [-0.1, -0.05) is 13.8 Å². The normalized spacial score (nSPS) is 13.7. The van der Waals surface area contributed by atoms with Crippen molar-refractivity contribution in [2.45, 2.75) is 45.2 Å². The van der Waals surface area contributed by atoms with E-state index in [-0.39, 0.29) is 24.7 Å². The molecule has 0 saturated heterocycles. The molecule has 4 N–H and O–H groups in total.